The van der Waals surface area contributed by atoms with Crippen molar-refractivity contribution >= 4 is 23.5 Å². The van der Waals surface area contributed by atoms with E-state index in [4.69, 9.17) is 26.5 Å². The molecule has 1 atom stereocenters. The number of likely N-dealkylation sites (N-methyl/N-ethyl adjacent to an activating group) is 1. The first-order chi connectivity index (χ1) is 9.61. The maximum atomic E-state index is 11.8. The number of hydrogen-bond donors (Lipinski definition) is 2. The highest BCUT2D eigenvalue weighted by Crippen LogP contribution is 2.41. The van der Waals surface area contributed by atoms with Crippen LogP contribution < -0.4 is 14.8 Å². The number of benzene rings is 1. The van der Waals surface area contributed by atoms with Gasteiger partial charge in [-0.3, -0.25) is 10.7 Å². The van der Waals surface area contributed by atoms with E-state index in [-0.39, 0.29) is 11.9 Å². The quantitative estimate of drug-likeness (QED) is 0.878. The minimum atomic E-state index is -0.458. The zero-order chi connectivity index (χ0) is 14.3. The molecule has 2 amide bonds. The summed E-state index contributed by atoms with van der Waals surface area (Å²) in [5, 5.41) is 10.9. The number of ether oxygens (including phenoxy) is 2. The summed E-state index contributed by atoms with van der Waals surface area (Å²) in [6.45, 7) is 3.30. The fraction of sp³-hybridized carbons (Fsp3) is 0.385. The molecule has 2 aliphatic heterocycles. The first-order valence-electron chi connectivity index (χ1n) is 6.37. The zero-order valence-corrected chi connectivity index (χ0v) is 11.7. The van der Waals surface area contributed by atoms with E-state index in [2.05, 4.69) is 5.32 Å². The van der Waals surface area contributed by atoms with Gasteiger partial charge in [-0.25, -0.2) is 4.79 Å². The molecule has 1 saturated heterocycles. The largest absolute Gasteiger partial charge is 0.486 e. The summed E-state index contributed by atoms with van der Waals surface area (Å²) in [6, 6.07) is 2.77. The van der Waals surface area contributed by atoms with E-state index in [0.717, 1.165) is 5.56 Å². The summed E-state index contributed by atoms with van der Waals surface area (Å²) < 4.78 is 11.0. The van der Waals surface area contributed by atoms with E-state index >= 15 is 0 Å². The third-order valence-corrected chi connectivity index (χ3v) is 3.64. The lowest BCUT2D eigenvalue weighted by atomic mass is 10.0. The number of halogens is 1. The summed E-state index contributed by atoms with van der Waals surface area (Å²) in [5.41, 5.74) is 0.740. The van der Waals surface area contributed by atoms with Crippen LogP contribution in [-0.4, -0.2) is 36.5 Å². The number of rotatable bonds is 2. The van der Waals surface area contributed by atoms with Gasteiger partial charge >= 0.3 is 6.03 Å². The molecule has 0 spiro atoms. The van der Waals surface area contributed by atoms with Crippen LogP contribution in [0.3, 0.4) is 0 Å². The Morgan fingerprint density at radius 3 is 2.95 bits per heavy atom. The van der Waals surface area contributed by atoms with Crippen LogP contribution in [0.25, 0.3) is 0 Å². The molecule has 1 aromatic carbocycles. The number of amides is 2. The van der Waals surface area contributed by atoms with Crippen molar-refractivity contribution in [1.82, 2.24) is 10.2 Å². The SMILES string of the molecule is CCN1C(=O)NC(=N)C1c1cc(Cl)c2c(c1)OCCO2. The fourth-order valence-corrected chi connectivity index (χ4v) is 2.76. The van der Waals surface area contributed by atoms with Crippen molar-refractivity contribution in [3.8, 4) is 11.5 Å². The van der Waals surface area contributed by atoms with Crippen LogP contribution in [0.4, 0.5) is 4.79 Å². The monoisotopic (exact) mass is 295 g/mol. The third kappa shape index (κ3) is 1.96. The van der Waals surface area contributed by atoms with Crippen molar-refractivity contribution in [2.75, 3.05) is 19.8 Å². The molecule has 2 heterocycles. The zero-order valence-electron chi connectivity index (χ0n) is 10.9. The van der Waals surface area contributed by atoms with E-state index in [1.165, 1.54) is 0 Å². The normalized spacial score (nSPS) is 21.1. The van der Waals surface area contributed by atoms with Crippen LogP contribution >= 0.6 is 11.6 Å². The van der Waals surface area contributed by atoms with Gasteiger partial charge in [-0.1, -0.05) is 11.6 Å². The van der Waals surface area contributed by atoms with Crippen molar-refractivity contribution in [2.24, 2.45) is 0 Å². The van der Waals surface area contributed by atoms with Crippen LogP contribution in [-0.2, 0) is 0 Å². The van der Waals surface area contributed by atoms with Crippen molar-refractivity contribution in [3.63, 3.8) is 0 Å². The number of nitrogens with zero attached hydrogens (tertiary/aromatic N) is 1. The maximum Gasteiger partial charge on any atom is 0.323 e. The van der Waals surface area contributed by atoms with Crippen LogP contribution in [0.5, 0.6) is 11.5 Å². The van der Waals surface area contributed by atoms with Gasteiger partial charge in [0.05, 0.1) is 5.02 Å². The molecule has 2 aliphatic rings. The average molecular weight is 296 g/mol. The molecule has 0 aromatic heterocycles. The van der Waals surface area contributed by atoms with Gasteiger partial charge in [0.15, 0.2) is 11.5 Å². The van der Waals surface area contributed by atoms with Gasteiger partial charge in [0, 0.05) is 6.54 Å². The molecular weight excluding hydrogens is 282 g/mol. The second-order valence-electron chi connectivity index (χ2n) is 4.56. The first kappa shape index (κ1) is 13.1. The Hall–Kier alpha value is -1.95. The second kappa shape index (κ2) is 4.86. The van der Waals surface area contributed by atoms with Crippen LogP contribution in [0.1, 0.15) is 18.5 Å². The molecule has 7 heteroatoms. The van der Waals surface area contributed by atoms with Crippen LogP contribution in [0.15, 0.2) is 12.1 Å². The van der Waals surface area contributed by atoms with Crippen molar-refractivity contribution in [3.05, 3.63) is 22.7 Å². The number of fused-ring (bicyclic) bond motifs is 1. The lowest BCUT2D eigenvalue weighted by Gasteiger charge is -2.24. The molecular formula is C13H14ClN3O3. The summed E-state index contributed by atoms with van der Waals surface area (Å²) in [7, 11) is 0. The Labute approximate surface area is 121 Å². The Morgan fingerprint density at radius 1 is 1.45 bits per heavy atom. The third-order valence-electron chi connectivity index (χ3n) is 3.36. The van der Waals surface area contributed by atoms with E-state index in [1.54, 1.807) is 17.0 Å². The van der Waals surface area contributed by atoms with Gasteiger partial charge < -0.3 is 14.4 Å². The van der Waals surface area contributed by atoms with E-state index < -0.39 is 6.04 Å². The molecule has 1 aromatic rings. The Kier molecular flexibility index (Phi) is 3.17. The molecule has 2 N–H and O–H groups in total. The fourth-order valence-electron chi connectivity index (χ4n) is 2.49. The van der Waals surface area contributed by atoms with Gasteiger partial charge in [0.25, 0.3) is 0 Å². The smallest absolute Gasteiger partial charge is 0.323 e. The molecule has 6 nitrogen and oxygen atoms in total. The van der Waals surface area contributed by atoms with E-state index in [1.807, 2.05) is 6.92 Å². The molecule has 1 unspecified atom stereocenters. The number of hydrogen-bond acceptors (Lipinski definition) is 4. The highest BCUT2D eigenvalue weighted by atomic mass is 35.5. The van der Waals surface area contributed by atoms with Crippen molar-refractivity contribution in [1.29, 1.82) is 5.41 Å². The summed E-state index contributed by atoms with van der Waals surface area (Å²) >= 11 is 6.20. The van der Waals surface area contributed by atoms with Crippen molar-refractivity contribution < 1.29 is 14.3 Å². The molecule has 0 radical (unpaired) electrons. The average Bonchev–Trinajstić information content (AvgIpc) is 2.72. The second-order valence-corrected chi connectivity index (χ2v) is 4.97. The summed E-state index contributed by atoms with van der Waals surface area (Å²) in [6.07, 6.45) is 0. The number of carbonyl (C=O) groups excluding carboxylic acids is 1. The summed E-state index contributed by atoms with van der Waals surface area (Å²) in [5.74, 6) is 1.22. The molecule has 3 rings (SSSR count). The van der Waals surface area contributed by atoms with Gasteiger partial charge in [0.1, 0.15) is 25.1 Å². The predicted molar refractivity (Wildman–Crippen MR) is 73.8 cm³/mol. The molecule has 1 fully saturated rings. The highest BCUT2D eigenvalue weighted by Gasteiger charge is 2.36. The standard InChI is InChI=1S/C13H14ClN3O3/c1-2-17-10(12(15)16-13(17)18)7-5-8(14)11-9(6-7)19-3-4-20-11/h5-6,10H,2-4H2,1H3,(H2,15,16,18). The minimum Gasteiger partial charge on any atom is -0.486 e. The Balaban J connectivity index is 2.04. The van der Waals surface area contributed by atoms with Crippen LogP contribution in [0, 0.1) is 5.41 Å². The first-order valence-corrected chi connectivity index (χ1v) is 6.74. The Morgan fingerprint density at radius 2 is 2.20 bits per heavy atom. The van der Waals surface area contributed by atoms with Crippen LogP contribution in [0.2, 0.25) is 5.02 Å². The maximum absolute atomic E-state index is 11.8. The number of nitrogens with one attached hydrogen (secondary N) is 2. The van der Waals surface area contributed by atoms with Gasteiger partial charge in [-0.2, -0.15) is 0 Å². The minimum absolute atomic E-state index is 0.143. The number of amidine groups is 1. The Bertz CT molecular complexity index is 590. The van der Waals surface area contributed by atoms with Gasteiger partial charge in [-0.15, -0.1) is 0 Å². The lowest BCUT2D eigenvalue weighted by molar-refractivity contribution is 0.171. The van der Waals surface area contributed by atoms with Gasteiger partial charge in [0.2, 0.25) is 0 Å². The molecule has 0 bridgehead atoms. The molecule has 0 saturated carbocycles. The van der Waals surface area contributed by atoms with E-state index in [0.29, 0.717) is 36.3 Å². The summed E-state index contributed by atoms with van der Waals surface area (Å²) in [4.78, 5) is 13.3. The molecule has 106 valence electrons. The molecule has 20 heavy (non-hydrogen) atoms. The number of carbonyl (C=O) groups is 1. The molecule has 0 aliphatic carbocycles. The van der Waals surface area contributed by atoms with E-state index in [9.17, 15) is 4.79 Å². The van der Waals surface area contributed by atoms with Crippen molar-refractivity contribution in [2.45, 2.75) is 13.0 Å². The topological polar surface area (TPSA) is 74.7 Å². The highest BCUT2D eigenvalue weighted by molar-refractivity contribution is 6.32. The lowest BCUT2D eigenvalue weighted by Crippen LogP contribution is -2.29. The number of urea groups is 1. The predicted octanol–water partition coefficient (Wildman–Crippen LogP) is 2.17. The van der Waals surface area contributed by atoms with Gasteiger partial charge in [-0.05, 0) is 24.6 Å².